The van der Waals surface area contributed by atoms with E-state index in [0.29, 0.717) is 19.0 Å². The molecule has 0 bridgehead atoms. The second kappa shape index (κ2) is 6.90. The molecule has 1 aromatic heterocycles. The van der Waals surface area contributed by atoms with Crippen LogP contribution in [0.25, 0.3) is 11.1 Å². The smallest absolute Gasteiger partial charge is 0.256 e. The maximum atomic E-state index is 12.3. The van der Waals surface area contributed by atoms with Crippen LogP contribution in [-0.2, 0) is 9.53 Å². The van der Waals surface area contributed by atoms with Crippen LogP contribution in [-0.4, -0.2) is 41.6 Å². The third-order valence-electron chi connectivity index (χ3n) is 3.62. The van der Waals surface area contributed by atoms with Gasteiger partial charge in [-0.25, -0.2) is 4.98 Å². The highest BCUT2D eigenvalue weighted by Gasteiger charge is 2.26. The molecule has 116 valence electrons. The van der Waals surface area contributed by atoms with Gasteiger partial charge in [-0.2, -0.15) is 5.26 Å². The largest absolute Gasteiger partial charge is 0.365 e. The number of amides is 1. The number of carbonyl (C=O) groups excluding carboxylic acids is 1. The molecule has 2 aromatic rings. The van der Waals surface area contributed by atoms with Crippen molar-refractivity contribution in [2.75, 3.05) is 25.0 Å². The molecule has 1 aliphatic rings. The van der Waals surface area contributed by atoms with Crippen LogP contribution in [0.5, 0.6) is 0 Å². The summed E-state index contributed by atoms with van der Waals surface area (Å²) in [6.07, 6.45) is 3.03. The molecule has 0 unspecified atom stereocenters. The molecule has 6 heteroatoms. The summed E-state index contributed by atoms with van der Waals surface area (Å²) in [6, 6.07) is 13.6. The van der Waals surface area contributed by atoms with Crippen molar-refractivity contribution in [1.82, 2.24) is 9.88 Å². The summed E-state index contributed by atoms with van der Waals surface area (Å²) in [5.41, 5.74) is 2.02. The molecule has 1 aliphatic heterocycles. The molecule has 2 heterocycles. The van der Waals surface area contributed by atoms with E-state index in [2.05, 4.69) is 10.3 Å². The van der Waals surface area contributed by atoms with Crippen LogP contribution in [0, 0.1) is 11.5 Å². The van der Waals surface area contributed by atoms with Crippen LogP contribution >= 0.6 is 0 Å². The van der Waals surface area contributed by atoms with E-state index in [0.717, 1.165) is 11.1 Å². The number of benzene rings is 1. The molecule has 0 spiro atoms. The van der Waals surface area contributed by atoms with Crippen LogP contribution in [0.15, 0.2) is 48.7 Å². The Morgan fingerprint density at radius 2 is 2.13 bits per heavy atom. The van der Waals surface area contributed by atoms with Gasteiger partial charge < -0.3 is 15.0 Å². The number of nitrogens with one attached hydrogen (secondary N) is 1. The minimum absolute atomic E-state index is 0.265. The van der Waals surface area contributed by atoms with Gasteiger partial charge in [0, 0.05) is 6.20 Å². The van der Waals surface area contributed by atoms with Crippen molar-refractivity contribution in [3.8, 4) is 17.3 Å². The highest BCUT2D eigenvalue weighted by molar-refractivity contribution is 5.94. The Bertz CT molecular complexity index is 727. The standard InChI is InChI=1S/C17H16N4O2/c18-12-21-8-9-23-15(11-21)17(22)20-16-10-14(6-7-19-16)13-4-2-1-3-5-13/h1-7,10,15H,8-9,11H2,(H,19,20,22)/t15-/m1/s1. The molecule has 0 radical (unpaired) electrons. The van der Waals surface area contributed by atoms with E-state index in [1.165, 1.54) is 4.90 Å². The van der Waals surface area contributed by atoms with Crippen molar-refractivity contribution in [2.45, 2.75) is 6.10 Å². The summed E-state index contributed by atoms with van der Waals surface area (Å²) >= 11 is 0. The Morgan fingerprint density at radius 1 is 1.30 bits per heavy atom. The highest BCUT2D eigenvalue weighted by atomic mass is 16.5. The third-order valence-corrected chi connectivity index (χ3v) is 3.62. The van der Waals surface area contributed by atoms with E-state index in [1.807, 2.05) is 48.7 Å². The Labute approximate surface area is 134 Å². The molecular formula is C17H16N4O2. The van der Waals surface area contributed by atoms with Crippen molar-refractivity contribution >= 4 is 11.7 Å². The van der Waals surface area contributed by atoms with Gasteiger partial charge in [0.05, 0.1) is 19.7 Å². The molecule has 1 amide bonds. The minimum Gasteiger partial charge on any atom is -0.365 e. The van der Waals surface area contributed by atoms with Crippen molar-refractivity contribution in [3.05, 3.63) is 48.7 Å². The van der Waals surface area contributed by atoms with Gasteiger partial charge >= 0.3 is 0 Å². The topological polar surface area (TPSA) is 78.2 Å². The van der Waals surface area contributed by atoms with Crippen molar-refractivity contribution in [3.63, 3.8) is 0 Å². The average Bonchev–Trinajstić information content (AvgIpc) is 2.63. The van der Waals surface area contributed by atoms with Gasteiger partial charge in [-0.1, -0.05) is 30.3 Å². The van der Waals surface area contributed by atoms with Gasteiger partial charge in [0.1, 0.15) is 5.82 Å². The number of hydrogen-bond donors (Lipinski definition) is 1. The van der Waals surface area contributed by atoms with Gasteiger partial charge in [-0.15, -0.1) is 0 Å². The summed E-state index contributed by atoms with van der Waals surface area (Å²) in [5.74, 6) is 0.177. The number of nitrogens with zero attached hydrogens (tertiary/aromatic N) is 3. The molecule has 3 rings (SSSR count). The van der Waals surface area contributed by atoms with E-state index < -0.39 is 6.10 Å². The van der Waals surface area contributed by atoms with E-state index in [4.69, 9.17) is 10.00 Å². The number of morpholine rings is 1. The first-order valence-corrected chi connectivity index (χ1v) is 7.35. The molecule has 0 aliphatic carbocycles. The fourth-order valence-electron chi connectivity index (χ4n) is 2.41. The summed E-state index contributed by atoms with van der Waals surface area (Å²) in [7, 11) is 0. The molecule has 0 saturated carbocycles. The SMILES string of the molecule is N#CN1CCO[C@@H](C(=O)Nc2cc(-c3ccccc3)ccn2)C1. The number of aromatic nitrogens is 1. The monoisotopic (exact) mass is 308 g/mol. The predicted octanol–water partition coefficient (Wildman–Crippen LogP) is 1.87. The van der Waals surface area contributed by atoms with Crippen molar-refractivity contribution in [2.24, 2.45) is 0 Å². The van der Waals surface area contributed by atoms with Gasteiger partial charge in [-0.05, 0) is 23.3 Å². The number of ether oxygens (including phenoxy) is 1. The number of nitriles is 1. The molecular weight excluding hydrogens is 292 g/mol. The van der Waals surface area contributed by atoms with Crippen molar-refractivity contribution < 1.29 is 9.53 Å². The van der Waals surface area contributed by atoms with Crippen molar-refractivity contribution in [1.29, 1.82) is 5.26 Å². The van der Waals surface area contributed by atoms with Gasteiger partial charge in [0.15, 0.2) is 12.3 Å². The lowest BCUT2D eigenvalue weighted by Gasteiger charge is -2.28. The summed E-state index contributed by atoms with van der Waals surface area (Å²) in [4.78, 5) is 18.0. The van der Waals surface area contributed by atoms with Crippen LogP contribution in [0.1, 0.15) is 0 Å². The van der Waals surface area contributed by atoms with E-state index in [9.17, 15) is 4.79 Å². The average molecular weight is 308 g/mol. The fraction of sp³-hybridized carbons (Fsp3) is 0.235. The first kappa shape index (κ1) is 15.0. The minimum atomic E-state index is -0.661. The lowest BCUT2D eigenvalue weighted by atomic mass is 10.1. The number of rotatable bonds is 3. The van der Waals surface area contributed by atoms with Crippen LogP contribution in [0.2, 0.25) is 0 Å². The summed E-state index contributed by atoms with van der Waals surface area (Å²) in [6.45, 7) is 1.14. The molecule has 1 fully saturated rings. The Morgan fingerprint density at radius 3 is 2.91 bits per heavy atom. The summed E-state index contributed by atoms with van der Waals surface area (Å²) < 4.78 is 5.43. The Hall–Kier alpha value is -2.91. The van der Waals surface area contributed by atoms with Gasteiger partial charge in [-0.3, -0.25) is 4.79 Å². The molecule has 6 nitrogen and oxygen atoms in total. The zero-order valence-electron chi connectivity index (χ0n) is 12.5. The molecule has 23 heavy (non-hydrogen) atoms. The van der Waals surface area contributed by atoms with E-state index in [-0.39, 0.29) is 12.5 Å². The van der Waals surface area contributed by atoms with E-state index >= 15 is 0 Å². The molecule has 1 N–H and O–H groups in total. The second-order valence-corrected chi connectivity index (χ2v) is 5.19. The number of anilines is 1. The number of hydrogen-bond acceptors (Lipinski definition) is 5. The summed E-state index contributed by atoms with van der Waals surface area (Å²) in [5, 5.41) is 11.7. The molecule has 1 aromatic carbocycles. The first-order valence-electron chi connectivity index (χ1n) is 7.35. The quantitative estimate of drug-likeness (QED) is 0.876. The lowest BCUT2D eigenvalue weighted by Crippen LogP contribution is -2.46. The molecule has 1 saturated heterocycles. The van der Waals surface area contributed by atoms with Crippen LogP contribution < -0.4 is 5.32 Å². The lowest BCUT2D eigenvalue weighted by molar-refractivity contribution is -0.131. The first-order chi connectivity index (χ1) is 11.3. The predicted molar refractivity (Wildman–Crippen MR) is 85.2 cm³/mol. The maximum absolute atomic E-state index is 12.3. The zero-order chi connectivity index (χ0) is 16.1. The van der Waals surface area contributed by atoms with E-state index in [1.54, 1.807) is 6.20 Å². The number of pyridine rings is 1. The normalized spacial score (nSPS) is 17.3. The maximum Gasteiger partial charge on any atom is 0.256 e. The molecule has 1 atom stereocenters. The second-order valence-electron chi connectivity index (χ2n) is 5.19. The fourth-order valence-corrected chi connectivity index (χ4v) is 2.41. The van der Waals surface area contributed by atoms with Crippen LogP contribution in [0.3, 0.4) is 0 Å². The van der Waals surface area contributed by atoms with Crippen LogP contribution in [0.4, 0.5) is 5.82 Å². The highest BCUT2D eigenvalue weighted by Crippen LogP contribution is 2.21. The number of carbonyl (C=O) groups is 1. The van der Waals surface area contributed by atoms with Gasteiger partial charge in [0.2, 0.25) is 0 Å². The Balaban J connectivity index is 1.71. The zero-order valence-corrected chi connectivity index (χ0v) is 12.5. The Kier molecular flexibility index (Phi) is 4.50. The third kappa shape index (κ3) is 3.65. The van der Waals surface area contributed by atoms with Gasteiger partial charge in [0.25, 0.3) is 5.91 Å².